The number of hydrogen-bond donors (Lipinski definition) is 1. The fourth-order valence-electron chi connectivity index (χ4n) is 2.91. The number of amides is 2. The first kappa shape index (κ1) is 20.1. The molecule has 1 aliphatic heterocycles. The lowest BCUT2D eigenvalue weighted by molar-refractivity contribution is -0.127. The maximum atomic E-state index is 12.5. The van der Waals surface area contributed by atoms with E-state index in [9.17, 15) is 9.59 Å². The lowest BCUT2D eigenvalue weighted by atomic mass is 10.1. The number of carbonyl (C=O) groups excluding carboxylic acids is 2. The Labute approximate surface area is 170 Å². The van der Waals surface area contributed by atoms with Gasteiger partial charge < -0.3 is 5.32 Å². The van der Waals surface area contributed by atoms with Crippen LogP contribution in [0.25, 0.3) is 0 Å². The number of rotatable bonds is 5. The Morgan fingerprint density at radius 3 is 2.50 bits per heavy atom. The summed E-state index contributed by atoms with van der Waals surface area (Å²) in [6.07, 6.45) is 1.08. The first-order valence-corrected chi connectivity index (χ1v) is 10.2. The van der Waals surface area contributed by atoms with E-state index in [0.717, 1.165) is 23.4 Å². The molecule has 1 N–H and O–H groups in total. The predicted molar refractivity (Wildman–Crippen MR) is 116 cm³/mol. The molecule has 3 rings (SSSR count). The van der Waals surface area contributed by atoms with Crippen LogP contribution in [0.4, 0.5) is 11.4 Å². The summed E-state index contributed by atoms with van der Waals surface area (Å²) >= 11 is 1.34. The Morgan fingerprint density at radius 1 is 1.14 bits per heavy atom. The molecule has 146 valence electrons. The van der Waals surface area contributed by atoms with E-state index in [2.05, 4.69) is 24.2 Å². The fourth-order valence-corrected chi connectivity index (χ4v) is 4.06. The fraction of sp³-hybridized carbons (Fsp3) is 0.318. The van der Waals surface area contributed by atoms with Gasteiger partial charge in [0, 0.05) is 19.2 Å². The lowest BCUT2D eigenvalue weighted by Gasteiger charge is -2.10. The van der Waals surface area contributed by atoms with Crippen LogP contribution in [0.1, 0.15) is 30.0 Å². The van der Waals surface area contributed by atoms with E-state index in [4.69, 9.17) is 0 Å². The van der Waals surface area contributed by atoms with Crippen molar-refractivity contribution < 1.29 is 9.59 Å². The van der Waals surface area contributed by atoms with Gasteiger partial charge in [0.25, 0.3) is 0 Å². The molecule has 5 nitrogen and oxygen atoms in total. The van der Waals surface area contributed by atoms with E-state index in [0.29, 0.717) is 5.17 Å². The van der Waals surface area contributed by atoms with Crippen LogP contribution < -0.4 is 5.32 Å². The van der Waals surface area contributed by atoms with E-state index in [1.165, 1.54) is 27.8 Å². The summed E-state index contributed by atoms with van der Waals surface area (Å²) in [7, 11) is 1.70. The highest BCUT2D eigenvalue weighted by atomic mass is 32.2. The number of thioether (sulfide) groups is 1. The van der Waals surface area contributed by atoms with Crippen molar-refractivity contribution in [1.29, 1.82) is 0 Å². The number of aryl methyl sites for hydroxylation is 3. The van der Waals surface area contributed by atoms with Gasteiger partial charge in [0.2, 0.25) is 11.8 Å². The van der Waals surface area contributed by atoms with Crippen LogP contribution in [0.15, 0.2) is 47.5 Å². The van der Waals surface area contributed by atoms with Crippen molar-refractivity contribution in [3.05, 3.63) is 59.2 Å². The highest BCUT2D eigenvalue weighted by Gasteiger charge is 2.37. The molecule has 1 saturated heterocycles. The summed E-state index contributed by atoms with van der Waals surface area (Å²) < 4.78 is 0. The predicted octanol–water partition coefficient (Wildman–Crippen LogP) is 4.46. The molecule has 1 fully saturated rings. The summed E-state index contributed by atoms with van der Waals surface area (Å²) in [5.74, 6) is -0.264. The van der Waals surface area contributed by atoms with E-state index in [1.807, 2.05) is 49.4 Å². The van der Waals surface area contributed by atoms with E-state index in [-0.39, 0.29) is 18.2 Å². The zero-order valence-electron chi connectivity index (χ0n) is 16.7. The molecule has 6 heteroatoms. The van der Waals surface area contributed by atoms with Gasteiger partial charge in [-0.25, -0.2) is 4.99 Å². The van der Waals surface area contributed by atoms with Crippen LogP contribution in [-0.4, -0.2) is 34.2 Å². The van der Waals surface area contributed by atoms with Gasteiger partial charge in [-0.15, -0.1) is 0 Å². The van der Waals surface area contributed by atoms with Crippen molar-refractivity contribution in [3.8, 4) is 0 Å². The van der Waals surface area contributed by atoms with Gasteiger partial charge in [0.15, 0.2) is 5.17 Å². The molecule has 2 aromatic carbocycles. The molecule has 0 aromatic heterocycles. The molecule has 2 aromatic rings. The molecule has 0 saturated carbocycles. The monoisotopic (exact) mass is 395 g/mol. The summed E-state index contributed by atoms with van der Waals surface area (Å²) in [6, 6.07) is 13.7. The van der Waals surface area contributed by atoms with Crippen LogP contribution in [-0.2, 0) is 16.0 Å². The van der Waals surface area contributed by atoms with Crippen molar-refractivity contribution in [1.82, 2.24) is 4.90 Å². The number of anilines is 1. The third kappa shape index (κ3) is 4.62. The topological polar surface area (TPSA) is 61.8 Å². The van der Waals surface area contributed by atoms with Crippen LogP contribution in [0.5, 0.6) is 0 Å². The average molecular weight is 396 g/mol. The number of hydrogen-bond acceptors (Lipinski definition) is 4. The Hall–Kier alpha value is -2.60. The molecule has 1 unspecified atom stereocenters. The second-order valence-corrected chi connectivity index (χ2v) is 8.14. The average Bonchev–Trinajstić information content (AvgIpc) is 2.93. The maximum Gasteiger partial charge on any atom is 0.242 e. The summed E-state index contributed by atoms with van der Waals surface area (Å²) in [4.78, 5) is 31.1. The van der Waals surface area contributed by atoms with Crippen molar-refractivity contribution >= 4 is 40.1 Å². The minimum absolute atomic E-state index is 0.0935. The normalized spacial score (nSPS) is 18.0. The van der Waals surface area contributed by atoms with Crippen molar-refractivity contribution in [3.63, 3.8) is 0 Å². The number of carbonyl (C=O) groups is 2. The largest absolute Gasteiger partial charge is 0.326 e. The molecular weight excluding hydrogens is 370 g/mol. The highest BCUT2D eigenvalue weighted by molar-refractivity contribution is 8.15. The number of aliphatic imine (C=N–C) groups is 1. The van der Waals surface area contributed by atoms with Crippen LogP contribution in [0.2, 0.25) is 0 Å². The summed E-state index contributed by atoms with van der Waals surface area (Å²) in [5.41, 5.74) is 5.13. The van der Waals surface area contributed by atoms with Crippen molar-refractivity contribution in [2.24, 2.45) is 4.99 Å². The Morgan fingerprint density at radius 2 is 1.86 bits per heavy atom. The minimum Gasteiger partial charge on any atom is -0.326 e. The molecule has 0 spiro atoms. The Balaban J connectivity index is 1.66. The van der Waals surface area contributed by atoms with E-state index < -0.39 is 5.25 Å². The van der Waals surface area contributed by atoms with Crippen LogP contribution in [0.3, 0.4) is 0 Å². The zero-order valence-corrected chi connectivity index (χ0v) is 17.5. The van der Waals surface area contributed by atoms with Gasteiger partial charge in [-0.3, -0.25) is 14.5 Å². The first-order chi connectivity index (χ1) is 13.4. The second-order valence-electron chi connectivity index (χ2n) is 6.97. The molecule has 1 heterocycles. The van der Waals surface area contributed by atoms with Crippen molar-refractivity contribution in [2.45, 2.75) is 38.9 Å². The Bertz CT molecular complexity index is 922. The second kappa shape index (κ2) is 8.61. The van der Waals surface area contributed by atoms with Gasteiger partial charge in [-0.1, -0.05) is 36.9 Å². The number of nitrogens with zero attached hydrogens (tertiary/aromatic N) is 2. The minimum atomic E-state index is -0.454. The van der Waals surface area contributed by atoms with Gasteiger partial charge >= 0.3 is 0 Å². The van der Waals surface area contributed by atoms with Gasteiger partial charge in [-0.05, 0) is 61.2 Å². The summed E-state index contributed by atoms with van der Waals surface area (Å²) in [6.45, 7) is 6.18. The smallest absolute Gasteiger partial charge is 0.242 e. The number of benzene rings is 2. The maximum absolute atomic E-state index is 12.5. The Kier molecular flexibility index (Phi) is 6.19. The third-order valence-electron chi connectivity index (χ3n) is 4.87. The van der Waals surface area contributed by atoms with Gasteiger partial charge in [0.1, 0.15) is 5.25 Å². The molecule has 0 bridgehead atoms. The van der Waals surface area contributed by atoms with Crippen LogP contribution in [0, 0.1) is 13.8 Å². The van der Waals surface area contributed by atoms with Crippen molar-refractivity contribution in [2.75, 3.05) is 12.4 Å². The molecule has 28 heavy (non-hydrogen) atoms. The molecule has 0 aliphatic carbocycles. The number of amidine groups is 1. The molecule has 1 atom stereocenters. The lowest BCUT2D eigenvalue weighted by Crippen LogP contribution is -2.30. The third-order valence-corrected chi connectivity index (χ3v) is 6.10. The van der Waals surface area contributed by atoms with E-state index in [1.54, 1.807) is 7.05 Å². The van der Waals surface area contributed by atoms with E-state index >= 15 is 0 Å². The zero-order chi connectivity index (χ0) is 20.3. The standard InChI is InChI=1S/C22H25N3O2S/c1-5-16-7-10-17(11-8-16)23-20(26)13-19-21(27)25(4)22(28-19)24-18-9-6-14(2)15(3)12-18/h6-12,19H,5,13H2,1-4H3,(H,23,26). The molecule has 1 aliphatic rings. The summed E-state index contributed by atoms with van der Waals surface area (Å²) in [5, 5.41) is 3.04. The SMILES string of the molecule is CCc1ccc(NC(=O)CC2SC(=Nc3ccc(C)c(C)c3)N(C)C2=O)cc1. The molecule has 0 radical (unpaired) electrons. The molecule has 2 amide bonds. The van der Waals surface area contributed by atoms with Gasteiger partial charge in [0.05, 0.1) is 5.69 Å². The van der Waals surface area contributed by atoms with Gasteiger partial charge in [-0.2, -0.15) is 0 Å². The molecular formula is C22H25N3O2S. The quantitative estimate of drug-likeness (QED) is 0.813. The first-order valence-electron chi connectivity index (χ1n) is 9.36. The number of nitrogens with one attached hydrogen (secondary N) is 1. The highest BCUT2D eigenvalue weighted by Crippen LogP contribution is 2.31. The van der Waals surface area contributed by atoms with Crippen LogP contribution >= 0.6 is 11.8 Å².